The van der Waals surface area contributed by atoms with Crippen molar-refractivity contribution in [3.05, 3.63) is 35.4 Å². The van der Waals surface area contributed by atoms with Crippen LogP contribution in [-0.2, 0) is 18.3 Å². The van der Waals surface area contributed by atoms with Crippen LogP contribution >= 0.6 is 0 Å². The molecule has 2 aromatic heterocycles. The minimum Gasteiger partial charge on any atom is -0.481 e. The molecule has 0 atom stereocenters. The van der Waals surface area contributed by atoms with Crippen LogP contribution in [-0.4, -0.2) is 25.0 Å². The highest BCUT2D eigenvalue weighted by Gasteiger charge is 2.18. The van der Waals surface area contributed by atoms with Crippen LogP contribution in [0.15, 0.2) is 18.2 Å². The molecular weight excluding hydrogens is 249 g/mol. The first kappa shape index (κ1) is 11.7. The van der Waals surface area contributed by atoms with Gasteiger partial charge in [-0.3, -0.25) is 9.20 Å². The summed E-state index contributed by atoms with van der Waals surface area (Å²) < 4.78 is 16.9. The Bertz CT molecular complexity index is 816. The molecule has 1 aromatic carbocycles. The van der Waals surface area contributed by atoms with Gasteiger partial charge in [0.15, 0.2) is 0 Å². The van der Waals surface area contributed by atoms with E-state index in [2.05, 4.69) is 4.98 Å². The van der Waals surface area contributed by atoms with E-state index < -0.39 is 5.97 Å². The first-order valence-corrected chi connectivity index (χ1v) is 5.82. The van der Waals surface area contributed by atoms with Gasteiger partial charge in [-0.1, -0.05) is 0 Å². The molecule has 2 heterocycles. The lowest BCUT2D eigenvalue weighted by atomic mass is 10.2. The zero-order valence-electron chi connectivity index (χ0n) is 10.5. The van der Waals surface area contributed by atoms with Gasteiger partial charge in [0.2, 0.25) is 5.78 Å². The number of carboxylic acid groups (broad SMARTS) is 1. The zero-order chi connectivity index (χ0) is 13.7. The van der Waals surface area contributed by atoms with Gasteiger partial charge in [-0.05, 0) is 19.1 Å². The molecule has 98 valence electrons. The van der Waals surface area contributed by atoms with Crippen molar-refractivity contribution in [2.45, 2.75) is 13.3 Å². The molecule has 0 saturated heterocycles. The van der Waals surface area contributed by atoms with Crippen molar-refractivity contribution in [2.24, 2.45) is 7.05 Å². The molecule has 0 amide bonds. The average molecular weight is 261 g/mol. The van der Waals surface area contributed by atoms with Gasteiger partial charge in [-0.15, -0.1) is 0 Å². The van der Waals surface area contributed by atoms with Gasteiger partial charge < -0.3 is 9.67 Å². The number of imidazole rings is 2. The summed E-state index contributed by atoms with van der Waals surface area (Å²) in [5.74, 6) is -0.666. The van der Waals surface area contributed by atoms with Crippen LogP contribution in [0.25, 0.3) is 16.8 Å². The molecule has 0 spiro atoms. The highest BCUT2D eigenvalue weighted by molar-refractivity contribution is 5.81. The van der Waals surface area contributed by atoms with E-state index in [0.717, 1.165) is 5.69 Å². The van der Waals surface area contributed by atoms with Crippen LogP contribution in [0, 0.1) is 12.7 Å². The topological polar surface area (TPSA) is 59.5 Å². The Morgan fingerprint density at radius 3 is 2.89 bits per heavy atom. The third-order valence-electron chi connectivity index (χ3n) is 3.41. The molecule has 0 saturated carbocycles. The normalized spacial score (nSPS) is 11.5. The fourth-order valence-electron chi connectivity index (χ4n) is 2.38. The standard InChI is InChI=1S/C13H12FN3O2/c1-7-10(6-12(18)19)17-11-5-8(14)3-4-9(11)15-13(17)16(7)2/h3-5H,6H2,1-2H3,(H,18,19). The Morgan fingerprint density at radius 1 is 1.47 bits per heavy atom. The lowest BCUT2D eigenvalue weighted by Gasteiger charge is -2.00. The second kappa shape index (κ2) is 3.81. The Labute approximate surface area is 107 Å². The summed E-state index contributed by atoms with van der Waals surface area (Å²) in [4.78, 5) is 15.4. The van der Waals surface area contributed by atoms with Gasteiger partial charge in [0.05, 0.1) is 23.1 Å². The third kappa shape index (κ3) is 1.60. The maximum atomic E-state index is 13.4. The highest BCUT2D eigenvalue weighted by Crippen LogP contribution is 2.23. The summed E-state index contributed by atoms with van der Waals surface area (Å²) in [6, 6.07) is 4.32. The van der Waals surface area contributed by atoms with Gasteiger partial charge in [-0.25, -0.2) is 9.37 Å². The van der Waals surface area contributed by atoms with Gasteiger partial charge in [-0.2, -0.15) is 0 Å². The smallest absolute Gasteiger partial charge is 0.309 e. The fourth-order valence-corrected chi connectivity index (χ4v) is 2.38. The predicted molar refractivity (Wildman–Crippen MR) is 67.7 cm³/mol. The molecule has 0 radical (unpaired) electrons. The van der Waals surface area contributed by atoms with E-state index >= 15 is 0 Å². The van der Waals surface area contributed by atoms with Gasteiger partial charge >= 0.3 is 5.97 Å². The summed E-state index contributed by atoms with van der Waals surface area (Å²) in [5.41, 5.74) is 2.68. The largest absolute Gasteiger partial charge is 0.481 e. The first-order valence-electron chi connectivity index (χ1n) is 5.82. The number of aromatic nitrogens is 3. The van der Waals surface area contributed by atoms with Crippen molar-refractivity contribution in [3.8, 4) is 0 Å². The lowest BCUT2D eigenvalue weighted by Crippen LogP contribution is -2.05. The Balaban J connectivity index is 2.45. The molecule has 5 nitrogen and oxygen atoms in total. The third-order valence-corrected chi connectivity index (χ3v) is 3.41. The fraction of sp³-hybridized carbons (Fsp3) is 0.231. The Morgan fingerprint density at radius 2 is 2.21 bits per heavy atom. The molecule has 3 rings (SSSR count). The number of hydrogen-bond acceptors (Lipinski definition) is 2. The SMILES string of the molecule is Cc1c(CC(=O)O)n2c3cc(F)ccc3nc2n1C. The first-order chi connectivity index (χ1) is 8.99. The van der Waals surface area contributed by atoms with E-state index in [-0.39, 0.29) is 12.2 Å². The Hall–Kier alpha value is -2.37. The van der Waals surface area contributed by atoms with Crippen LogP contribution < -0.4 is 0 Å². The number of rotatable bonds is 2. The molecule has 0 aliphatic rings. The summed E-state index contributed by atoms with van der Waals surface area (Å²) in [5, 5.41) is 9.01. The molecule has 0 aliphatic heterocycles. The van der Waals surface area contributed by atoms with Crippen LogP contribution in [0.4, 0.5) is 4.39 Å². The van der Waals surface area contributed by atoms with E-state index in [9.17, 15) is 9.18 Å². The van der Waals surface area contributed by atoms with E-state index in [1.54, 1.807) is 10.5 Å². The molecule has 6 heteroatoms. The molecule has 3 aromatic rings. The van der Waals surface area contributed by atoms with E-state index in [0.29, 0.717) is 22.5 Å². The highest BCUT2D eigenvalue weighted by atomic mass is 19.1. The molecular formula is C13H12FN3O2. The summed E-state index contributed by atoms with van der Waals surface area (Å²) in [6.07, 6.45) is -0.120. The monoisotopic (exact) mass is 261 g/mol. The van der Waals surface area contributed by atoms with E-state index in [1.807, 2.05) is 18.5 Å². The number of halogens is 1. The number of carbonyl (C=O) groups is 1. The maximum Gasteiger partial charge on any atom is 0.309 e. The number of aryl methyl sites for hydroxylation is 1. The molecule has 0 aliphatic carbocycles. The van der Waals surface area contributed by atoms with Crippen molar-refractivity contribution < 1.29 is 14.3 Å². The van der Waals surface area contributed by atoms with Crippen molar-refractivity contribution >= 4 is 22.8 Å². The number of carboxylic acids is 1. The van der Waals surface area contributed by atoms with Crippen LogP contribution in [0.1, 0.15) is 11.4 Å². The van der Waals surface area contributed by atoms with Gasteiger partial charge in [0, 0.05) is 18.8 Å². The van der Waals surface area contributed by atoms with Crippen LogP contribution in [0.3, 0.4) is 0 Å². The van der Waals surface area contributed by atoms with Crippen molar-refractivity contribution in [3.63, 3.8) is 0 Å². The molecule has 19 heavy (non-hydrogen) atoms. The predicted octanol–water partition coefficient (Wildman–Crippen LogP) is 1.90. The number of benzene rings is 1. The van der Waals surface area contributed by atoms with E-state index in [4.69, 9.17) is 5.11 Å². The van der Waals surface area contributed by atoms with Crippen molar-refractivity contribution in [1.29, 1.82) is 0 Å². The average Bonchev–Trinajstić information content (AvgIpc) is 2.81. The number of nitrogens with zero attached hydrogens (tertiary/aromatic N) is 3. The maximum absolute atomic E-state index is 13.4. The second-order valence-corrected chi connectivity index (χ2v) is 4.54. The molecule has 0 bridgehead atoms. The number of aliphatic carboxylic acids is 1. The minimum absolute atomic E-state index is 0.120. The van der Waals surface area contributed by atoms with Crippen molar-refractivity contribution in [1.82, 2.24) is 14.0 Å². The molecule has 0 fully saturated rings. The minimum atomic E-state index is -0.922. The Kier molecular flexibility index (Phi) is 2.35. The summed E-state index contributed by atoms with van der Waals surface area (Å²) >= 11 is 0. The number of hydrogen-bond donors (Lipinski definition) is 1. The van der Waals surface area contributed by atoms with Crippen molar-refractivity contribution in [2.75, 3.05) is 0 Å². The summed E-state index contributed by atoms with van der Waals surface area (Å²) in [6.45, 7) is 1.83. The second-order valence-electron chi connectivity index (χ2n) is 4.54. The number of fused-ring (bicyclic) bond motifs is 3. The quantitative estimate of drug-likeness (QED) is 0.766. The van der Waals surface area contributed by atoms with Crippen LogP contribution in [0.5, 0.6) is 0 Å². The zero-order valence-corrected chi connectivity index (χ0v) is 10.5. The van der Waals surface area contributed by atoms with Crippen LogP contribution in [0.2, 0.25) is 0 Å². The molecule has 0 unspecified atom stereocenters. The van der Waals surface area contributed by atoms with Gasteiger partial charge in [0.1, 0.15) is 5.82 Å². The molecule has 1 N–H and O–H groups in total. The summed E-state index contributed by atoms with van der Waals surface area (Å²) in [7, 11) is 1.82. The van der Waals surface area contributed by atoms with Gasteiger partial charge in [0.25, 0.3) is 0 Å². The van der Waals surface area contributed by atoms with E-state index in [1.165, 1.54) is 12.1 Å². The lowest BCUT2D eigenvalue weighted by molar-refractivity contribution is -0.136.